The molecule has 0 radical (unpaired) electrons. The van der Waals surface area contributed by atoms with E-state index in [4.69, 9.17) is 22.1 Å². The lowest BCUT2D eigenvalue weighted by molar-refractivity contribution is 0.0900. The number of rotatable bonds is 4. The maximum absolute atomic E-state index is 6.05. The van der Waals surface area contributed by atoms with Crippen LogP contribution in [-0.4, -0.2) is 24.2 Å². The van der Waals surface area contributed by atoms with Crippen molar-refractivity contribution in [1.29, 1.82) is 0 Å². The molecule has 0 spiro atoms. The molecule has 4 nitrogen and oxygen atoms in total. The molecule has 1 aromatic rings. The lowest BCUT2D eigenvalue weighted by Gasteiger charge is -2.18. The van der Waals surface area contributed by atoms with Crippen LogP contribution in [0.5, 0.6) is 0 Å². The van der Waals surface area contributed by atoms with Crippen molar-refractivity contribution < 1.29 is 4.74 Å². The highest BCUT2D eigenvalue weighted by atomic mass is 35.5. The molecule has 1 aliphatic heterocycles. The molecule has 2 atom stereocenters. The number of aromatic nitrogens is 1. The van der Waals surface area contributed by atoms with E-state index in [0.29, 0.717) is 28.5 Å². The highest BCUT2D eigenvalue weighted by Gasteiger charge is 2.26. The Morgan fingerprint density at radius 2 is 2.47 bits per heavy atom. The van der Waals surface area contributed by atoms with Gasteiger partial charge in [0.2, 0.25) is 0 Å². The number of halogens is 1. The van der Waals surface area contributed by atoms with Crippen LogP contribution in [0.2, 0.25) is 5.02 Å². The molecule has 5 heteroatoms. The third-order valence-electron chi connectivity index (χ3n) is 3.14. The summed E-state index contributed by atoms with van der Waals surface area (Å²) in [7, 11) is 0. The van der Waals surface area contributed by atoms with E-state index in [2.05, 4.69) is 17.2 Å². The molecule has 0 saturated carbocycles. The van der Waals surface area contributed by atoms with Gasteiger partial charge < -0.3 is 15.8 Å². The number of anilines is 2. The lowest BCUT2D eigenvalue weighted by atomic mass is 10.00. The van der Waals surface area contributed by atoms with Crippen molar-refractivity contribution in [2.45, 2.75) is 25.9 Å². The zero-order valence-electron chi connectivity index (χ0n) is 9.95. The van der Waals surface area contributed by atoms with Gasteiger partial charge in [0.15, 0.2) is 0 Å². The van der Waals surface area contributed by atoms with Crippen LogP contribution in [0.15, 0.2) is 12.3 Å². The smallest absolute Gasteiger partial charge is 0.144 e. The normalized spacial score (nSPS) is 23.9. The molecule has 1 aliphatic rings. The number of hydrogen-bond donors (Lipinski definition) is 2. The van der Waals surface area contributed by atoms with Gasteiger partial charge in [-0.3, -0.25) is 0 Å². The van der Waals surface area contributed by atoms with Crippen LogP contribution < -0.4 is 11.1 Å². The quantitative estimate of drug-likeness (QED) is 0.868. The molecule has 94 valence electrons. The van der Waals surface area contributed by atoms with E-state index < -0.39 is 0 Å². The van der Waals surface area contributed by atoms with E-state index in [1.807, 2.05) is 0 Å². The first-order valence-electron chi connectivity index (χ1n) is 5.97. The summed E-state index contributed by atoms with van der Waals surface area (Å²) in [5, 5.41) is 3.83. The number of nitrogens with one attached hydrogen (secondary N) is 1. The lowest BCUT2D eigenvalue weighted by Crippen LogP contribution is -2.23. The molecule has 1 aromatic heterocycles. The molecule has 3 N–H and O–H groups in total. The molecule has 1 fully saturated rings. The summed E-state index contributed by atoms with van der Waals surface area (Å²) in [6, 6.07) is 1.71. The Balaban J connectivity index is 1.93. The van der Waals surface area contributed by atoms with Crippen LogP contribution in [-0.2, 0) is 4.74 Å². The fraction of sp³-hybridized carbons (Fsp3) is 0.583. The molecule has 17 heavy (non-hydrogen) atoms. The van der Waals surface area contributed by atoms with Crippen LogP contribution in [0, 0.1) is 5.92 Å². The number of pyridine rings is 1. The van der Waals surface area contributed by atoms with E-state index in [1.165, 1.54) is 0 Å². The molecule has 2 rings (SSSR count). The summed E-state index contributed by atoms with van der Waals surface area (Å²) in [6.07, 6.45) is 4.11. The second kappa shape index (κ2) is 5.56. The zero-order chi connectivity index (χ0) is 12.3. The summed E-state index contributed by atoms with van der Waals surface area (Å²) in [5.41, 5.74) is 6.17. The minimum Gasteiger partial charge on any atom is -0.397 e. The van der Waals surface area contributed by atoms with Gasteiger partial charge in [-0.2, -0.15) is 0 Å². The van der Waals surface area contributed by atoms with Gasteiger partial charge in [0.25, 0.3) is 0 Å². The molecule has 0 aliphatic carbocycles. The SMILES string of the molecule is CCC1OCCC1CNc1ncc(N)cc1Cl. The van der Waals surface area contributed by atoms with Crippen LogP contribution in [0.3, 0.4) is 0 Å². The third kappa shape index (κ3) is 3.01. The molecule has 0 aromatic carbocycles. The molecule has 2 unspecified atom stereocenters. The van der Waals surface area contributed by atoms with Crippen molar-refractivity contribution in [2.75, 3.05) is 24.2 Å². The van der Waals surface area contributed by atoms with Gasteiger partial charge in [-0.25, -0.2) is 4.98 Å². The molecule has 2 heterocycles. The first-order chi connectivity index (χ1) is 8.20. The van der Waals surface area contributed by atoms with Gasteiger partial charge in [0.1, 0.15) is 5.82 Å². The average Bonchev–Trinajstić information content (AvgIpc) is 2.75. The van der Waals surface area contributed by atoms with Gasteiger partial charge in [0.05, 0.1) is 23.0 Å². The number of nitrogens with two attached hydrogens (primary N) is 1. The predicted octanol–water partition coefficient (Wildman–Crippen LogP) is 2.54. The second-order valence-electron chi connectivity index (χ2n) is 4.35. The Kier molecular flexibility index (Phi) is 4.07. The van der Waals surface area contributed by atoms with E-state index in [-0.39, 0.29) is 0 Å². The summed E-state index contributed by atoms with van der Waals surface area (Å²) in [5.74, 6) is 1.23. The summed E-state index contributed by atoms with van der Waals surface area (Å²) >= 11 is 6.05. The minimum atomic E-state index is 0.357. The minimum absolute atomic E-state index is 0.357. The number of nitrogen functional groups attached to an aromatic ring is 1. The number of hydrogen-bond acceptors (Lipinski definition) is 4. The first-order valence-corrected chi connectivity index (χ1v) is 6.35. The number of nitrogens with zero attached hydrogens (tertiary/aromatic N) is 1. The van der Waals surface area contributed by atoms with Crippen LogP contribution in [0.4, 0.5) is 11.5 Å². The highest BCUT2D eigenvalue weighted by Crippen LogP contribution is 2.26. The maximum Gasteiger partial charge on any atom is 0.144 e. The highest BCUT2D eigenvalue weighted by molar-refractivity contribution is 6.33. The van der Waals surface area contributed by atoms with Gasteiger partial charge in [-0.15, -0.1) is 0 Å². The van der Waals surface area contributed by atoms with E-state index >= 15 is 0 Å². The maximum atomic E-state index is 6.05. The van der Waals surface area contributed by atoms with Crippen molar-refractivity contribution in [2.24, 2.45) is 5.92 Å². The van der Waals surface area contributed by atoms with Gasteiger partial charge in [-0.1, -0.05) is 18.5 Å². The van der Waals surface area contributed by atoms with Crippen molar-refractivity contribution >= 4 is 23.1 Å². The van der Waals surface area contributed by atoms with Crippen LogP contribution in [0.25, 0.3) is 0 Å². The zero-order valence-corrected chi connectivity index (χ0v) is 10.7. The Morgan fingerprint density at radius 1 is 1.65 bits per heavy atom. The predicted molar refractivity (Wildman–Crippen MR) is 70.3 cm³/mol. The Hall–Kier alpha value is -1.00. The molecule has 1 saturated heterocycles. The summed E-state index contributed by atoms with van der Waals surface area (Å²) < 4.78 is 5.64. The Bertz CT molecular complexity index is 386. The molecule has 0 bridgehead atoms. The monoisotopic (exact) mass is 255 g/mol. The summed E-state index contributed by atoms with van der Waals surface area (Å²) in [4.78, 5) is 4.18. The van der Waals surface area contributed by atoms with E-state index in [0.717, 1.165) is 26.0 Å². The van der Waals surface area contributed by atoms with Crippen LogP contribution >= 0.6 is 11.6 Å². The van der Waals surface area contributed by atoms with Gasteiger partial charge in [0, 0.05) is 19.1 Å². The fourth-order valence-corrected chi connectivity index (χ4v) is 2.43. The topological polar surface area (TPSA) is 60.2 Å². The average molecular weight is 256 g/mol. The van der Waals surface area contributed by atoms with E-state index in [9.17, 15) is 0 Å². The van der Waals surface area contributed by atoms with Crippen molar-refractivity contribution in [3.63, 3.8) is 0 Å². The standard InChI is InChI=1S/C12H18ClN3O/c1-2-11-8(3-4-17-11)6-15-12-10(13)5-9(14)7-16-12/h5,7-8,11H,2-4,6,14H2,1H3,(H,15,16). The Labute approximate surface area is 107 Å². The van der Waals surface area contributed by atoms with Gasteiger partial charge >= 0.3 is 0 Å². The second-order valence-corrected chi connectivity index (χ2v) is 4.75. The van der Waals surface area contributed by atoms with Gasteiger partial charge in [-0.05, 0) is 18.9 Å². The fourth-order valence-electron chi connectivity index (χ4n) is 2.19. The molecule has 0 amide bonds. The summed E-state index contributed by atoms with van der Waals surface area (Å²) in [6.45, 7) is 3.85. The number of ether oxygens (including phenoxy) is 1. The largest absolute Gasteiger partial charge is 0.397 e. The van der Waals surface area contributed by atoms with Crippen molar-refractivity contribution in [1.82, 2.24) is 4.98 Å². The van der Waals surface area contributed by atoms with E-state index in [1.54, 1.807) is 12.3 Å². The molecular formula is C12H18ClN3O. The molecular weight excluding hydrogens is 238 g/mol. The first kappa shape index (κ1) is 12.5. The Morgan fingerprint density at radius 3 is 3.18 bits per heavy atom. The van der Waals surface area contributed by atoms with Crippen molar-refractivity contribution in [3.8, 4) is 0 Å². The third-order valence-corrected chi connectivity index (χ3v) is 3.43. The van der Waals surface area contributed by atoms with Crippen LogP contribution in [0.1, 0.15) is 19.8 Å². The van der Waals surface area contributed by atoms with Crippen molar-refractivity contribution in [3.05, 3.63) is 17.3 Å².